The number of thiocyanates is 1. The summed E-state index contributed by atoms with van der Waals surface area (Å²) >= 11 is 1.17. The Bertz CT molecular complexity index is 61.8. The highest BCUT2D eigenvalue weighted by Crippen LogP contribution is 1.82. The molecule has 0 spiro atoms. The number of hydrogen-bond acceptors (Lipinski definition) is 2. The van der Waals surface area contributed by atoms with Crippen LogP contribution in [0.3, 0.4) is 0 Å². The summed E-state index contributed by atoms with van der Waals surface area (Å²) in [7, 11) is 0. The van der Waals surface area contributed by atoms with E-state index in [2.05, 4.69) is 10.4 Å². The van der Waals surface area contributed by atoms with Crippen LogP contribution in [0, 0.1) is 10.6 Å². The van der Waals surface area contributed by atoms with Crippen molar-refractivity contribution in [2.45, 2.75) is 0 Å². The van der Waals surface area contributed by atoms with Gasteiger partial charge in [-0.1, -0.05) is 0 Å². The number of rotatable bonds is 0. The summed E-state index contributed by atoms with van der Waals surface area (Å²) in [6.45, 7) is 0. The molecule has 0 unspecified atom stereocenters. The van der Waals surface area contributed by atoms with Crippen molar-refractivity contribution in [2.24, 2.45) is 0 Å². The molecule has 0 amide bonds. The third kappa shape index (κ3) is 3.64. The minimum absolute atomic E-state index is 1.17. The lowest BCUT2D eigenvalue weighted by molar-refractivity contribution is 2.23. The van der Waals surface area contributed by atoms with Gasteiger partial charge in [-0.15, -0.1) is 0 Å². The second kappa shape index (κ2) is 3.64. The second-order valence-corrected chi connectivity index (χ2v) is 0.978. The Labute approximate surface area is 34.6 Å². The normalized spacial score (nSPS) is 5.00. The van der Waals surface area contributed by atoms with Crippen LogP contribution >= 0.6 is 11.8 Å². The summed E-state index contributed by atoms with van der Waals surface area (Å²) in [5, 5.41) is 13.4. The van der Waals surface area contributed by atoms with Gasteiger partial charge in [0.05, 0.1) is 0 Å². The number of nitrogens with zero attached hydrogens (tertiary/aromatic N) is 1. The molecule has 0 aromatic heterocycles. The van der Waals surface area contributed by atoms with Gasteiger partial charge < -0.3 is 5.21 Å². The summed E-state index contributed by atoms with van der Waals surface area (Å²) in [5.41, 5.74) is 0. The van der Waals surface area contributed by atoms with Gasteiger partial charge >= 0.3 is 5.40 Å². The van der Waals surface area contributed by atoms with E-state index < -0.39 is 0 Å². The Morgan fingerprint density at radius 1 is 2.00 bits per heavy atom. The van der Waals surface area contributed by atoms with Crippen molar-refractivity contribution in [1.82, 2.24) is 0 Å². The molecular formula is C2H3NOS. The molecule has 0 fully saturated rings. The molecule has 0 radical (unpaired) electrons. The molecule has 2 nitrogen and oxygen atoms in total. The largest absolute Gasteiger partial charge is 0.498 e. The molecule has 28 valence electrons. The number of thioether (sulfide) groups is 1. The molecule has 0 aliphatic heterocycles. The summed E-state index contributed by atoms with van der Waals surface area (Å²) in [6, 6.07) is 0. The van der Waals surface area contributed by atoms with Crippen molar-refractivity contribution >= 4 is 11.8 Å². The van der Waals surface area contributed by atoms with Gasteiger partial charge in [-0.2, -0.15) is 0 Å². The lowest BCUT2D eigenvalue weighted by Gasteiger charge is -1.49. The maximum Gasteiger partial charge on any atom is 0.371 e. The summed E-state index contributed by atoms with van der Waals surface area (Å²) in [4.78, 5) is 0. The Morgan fingerprint density at radius 2 is 2.60 bits per heavy atom. The SMILES string of the molecule is CSC#[N+][O-]. The van der Waals surface area contributed by atoms with Crippen LogP contribution in [-0.2, 0) is 0 Å². The van der Waals surface area contributed by atoms with E-state index in [1.807, 2.05) is 0 Å². The monoisotopic (exact) mass is 89.0 g/mol. The second-order valence-electron chi connectivity index (χ2n) is 0.387. The first-order chi connectivity index (χ1) is 2.41. The van der Waals surface area contributed by atoms with E-state index in [0.29, 0.717) is 0 Å². The molecule has 0 heterocycles. The summed E-state index contributed by atoms with van der Waals surface area (Å²) < 4.78 is 0. The van der Waals surface area contributed by atoms with Crippen molar-refractivity contribution < 1.29 is 0 Å². The lowest BCUT2D eigenvalue weighted by Crippen LogP contribution is -1.32. The number of hydrogen-bond donors (Lipinski definition) is 0. The smallest absolute Gasteiger partial charge is 0.371 e. The molecule has 0 aromatic carbocycles. The van der Waals surface area contributed by atoms with Crippen LogP contribution in [0.4, 0.5) is 0 Å². The molecule has 0 atom stereocenters. The first kappa shape index (κ1) is 4.64. The van der Waals surface area contributed by atoms with Crippen LogP contribution in [-0.4, -0.2) is 6.26 Å². The Morgan fingerprint density at radius 3 is 2.60 bits per heavy atom. The van der Waals surface area contributed by atoms with Gasteiger partial charge in [0.15, 0.2) is 0 Å². The van der Waals surface area contributed by atoms with Crippen molar-refractivity contribution in [2.75, 3.05) is 6.26 Å². The van der Waals surface area contributed by atoms with Gasteiger partial charge in [0.25, 0.3) is 0 Å². The molecule has 5 heavy (non-hydrogen) atoms. The van der Waals surface area contributed by atoms with E-state index >= 15 is 0 Å². The van der Waals surface area contributed by atoms with E-state index in [4.69, 9.17) is 5.21 Å². The maximum absolute atomic E-state index is 9.02. The fourth-order valence-electron chi connectivity index (χ4n) is 0.0373. The van der Waals surface area contributed by atoms with Crippen LogP contribution in [0.25, 0.3) is 5.01 Å². The average Bonchev–Trinajstić information content (AvgIpc) is 1.41. The fraction of sp³-hybridized carbons (Fsp3) is 0.500. The third-order valence-corrected chi connectivity index (χ3v) is 0.386. The van der Waals surface area contributed by atoms with Crippen LogP contribution in [0.15, 0.2) is 0 Å². The molecule has 0 rings (SSSR count). The minimum atomic E-state index is 1.17. The molecule has 3 heteroatoms. The molecule has 0 N–H and O–H groups in total. The average molecular weight is 89.1 g/mol. The fourth-order valence-corrected chi connectivity index (χ4v) is 0.112. The van der Waals surface area contributed by atoms with Crippen molar-refractivity contribution in [3.8, 4) is 5.40 Å². The van der Waals surface area contributed by atoms with Gasteiger partial charge in [-0.05, 0) is 0 Å². The van der Waals surface area contributed by atoms with Crippen molar-refractivity contribution in [3.05, 3.63) is 10.2 Å². The molecule has 0 aliphatic carbocycles. The molecular weight excluding hydrogens is 86.1 g/mol. The highest BCUT2D eigenvalue weighted by molar-refractivity contribution is 8.03. The van der Waals surface area contributed by atoms with E-state index in [1.54, 1.807) is 6.26 Å². The van der Waals surface area contributed by atoms with Gasteiger partial charge in [0.1, 0.15) is 0 Å². The highest BCUT2D eigenvalue weighted by atomic mass is 32.2. The molecule has 0 saturated heterocycles. The van der Waals surface area contributed by atoms with Crippen LogP contribution in [0.5, 0.6) is 0 Å². The predicted molar refractivity (Wildman–Crippen MR) is 24.1 cm³/mol. The van der Waals surface area contributed by atoms with Crippen LogP contribution < -0.4 is 0 Å². The zero-order chi connectivity index (χ0) is 4.12. The first-order valence-corrected chi connectivity index (χ1v) is 2.24. The van der Waals surface area contributed by atoms with Gasteiger partial charge in [0.2, 0.25) is 0 Å². The molecule has 0 saturated carbocycles. The van der Waals surface area contributed by atoms with E-state index in [1.165, 1.54) is 11.8 Å². The lowest BCUT2D eigenvalue weighted by atomic mass is 11.8. The Hall–Kier alpha value is -0.360. The Kier molecular flexibility index (Phi) is 3.38. The predicted octanol–water partition coefficient (Wildman–Crippen LogP) is 1.14. The van der Waals surface area contributed by atoms with E-state index in [-0.39, 0.29) is 0 Å². The molecule has 0 bridgehead atoms. The van der Waals surface area contributed by atoms with Crippen molar-refractivity contribution in [3.63, 3.8) is 0 Å². The zero-order valence-electron chi connectivity index (χ0n) is 2.76. The standard InChI is InChI=1S/C2H3NOS/c1-5-2-3-4/h1H3. The summed E-state index contributed by atoms with van der Waals surface area (Å²) in [6.07, 6.45) is 1.72. The van der Waals surface area contributed by atoms with Gasteiger partial charge in [-0.3, -0.25) is 0 Å². The topological polar surface area (TPSA) is 27.4 Å². The summed E-state index contributed by atoms with van der Waals surface area (Å²) in [5.74, 6) is 0. The minimum Gasteiger partial charge on any atom is -0.498 e. The highest BCUT2D eigenvalue weighted by Gasteiger charge is 1.64. The maximum atomic E-state index is 9.02. The third-order valence-electron chi connectivity index (χ3n) is 0.129. The molecule has 0 aromatic rings. The van der Waals surface area contributed by atoms with Crippen LogP contribution in [0.1, 0.15) is 0 Å². The van der Waals surface area contributed by atoms with Crippen LogP contribution in [0.2, 0.25) is 0 Å². The first-order valence-electron chi connectivity index (χ1n) is 1.02. The Balaban J connectivity index is 2.81. The van der Waals surface area contributed by atoms with Crippen molar-refractivity contribution in [1.29, 1.82) is 0 Å². The van der Waals surface area contributed by atoms with Gasteiger partial charge in [-0.25, -0.2) is 0 Å². The van der Waals surface area contributed by atoms with E-state index in [9.17, 15) is 0 Å². The quantitative estimate of drug-likeness (QED) is 0.328. The molecule has 0 aliphatic rings. The zero-order valence-corrected chi connectivity index (χ0v) is 3.58. The van der Waals surface area contributed by atoms with Gasteiger partial charge in [0, 0.05) is 23.0 Å². The van der Waals surface area contributed by atoms with E-state index in [0.717, 1.165) is 0 Å².